The van der Waals surface area contributed by atoms with Gasteiger partial charge in [-0.15, -0.1) is 0 Å². The van der Waals surface area contributed by atoms with Crippen LogP contribution in [0.25, 0.3) is 5.52 Å². The summed E-state index contributed by atoms with van der Waals surface area (Å²) in [7, 11) is 1.56. The van der Waals surface area contributed by atoms with Crippen molar-refractivity contribution < 1.29 is 14.7 Å². The fraction of sp³-hybridized carbons (Fsp3) is 0.273. The number of nitrogens with zero attached hydrogens (tertiary/aromatic N) is 4. The molecular weight excluding hydrogens is 236 g/mol. The van der Waals surface area contributed by atoms with E-state index in [-0.39, 0.29) is 18.9 Å². The SMILES string of the molecule is CN(CCC(=O)O)C(=O)c1cnn2ncccc12. The van der Waals surface area contributed by atoms with Crippen LogP contribution in [-0.2, 0) is 4.79 Å². The van der Waals surface area contributed by atoms with E-state index in [0.717, 1.165) is 0 Å². The number of aromatic nitrogens is 3. The number of hydrogen-bond donors (Lipinski definition) is 1. The van der Waals surface area contributed by atoms with Gasteiger partial charge in [0, 0.05) is 19.8 Å². The molecule has 0 unspecified atom stereocenters. The maximum atomic E-state index is 12.1. The molecule has 0 aliphatic heterocycles. The van der Waals surface area contributed by atoms with Gasteiger partial charge in [0.15, 0.2) is 0 Å². The van der Waals surface area contributed by atoms with Gasteiger partial charge in [0.05, 0.1) is 18.2 Å². The minimum atomic E-state index is -0.934. The maximum absolute atomic E-state index is 12.1. The Hall–Kier alpha value is -2.44. The quantitative estimate of drug-likeness (QED) is 0.839. The number of carboxylic acids is 1. The zero-order valence-electron chi connectivity index (χ0n) is 9.78. The highest BCUT2D eigenvalue weighted by atomic mass is 16.4. The molecule has 18 heavy (non-hydrogen) atoms. The van der Waals surface area contributed by atoms with Gasteiger partial charge in [0.1, 0.15) is 5.52 Å². The zero-order valence-corrected chi connectivity index (χ0v) is 9.78. The lowest BCUT2D eigenvalue weighted by molar-refractivity contribution is -0.137. The number of aliphatic carboxylic acids is 1. The van der Waals surface area contributed by atoms with Crippen LogP contribution < -0.4 is 0 Å². The average Bonchev–Trinajstić information content (AvgIpc) is 2.78. The molecule has 2 aromatic heterocycles. The van der Waals surface area contributed by atoms with Gasteiger partial charge in [-0.05, 0) is 12.1 Å². The lowest BCUT2D eigenvalue weighted by Gasteiger charge is -2.14. The first-order valence-electron chi connectivity index (χ1n) is 5.36. The molecule has 7 nitrogen and oxygen atoms in total. The van der Waals surface area contributed by atoms with E-state index >= 15 is 0 Å². The largest absolute Gasteiger partial charge is 0.481 e. The molecule has 0 aliphatic carbocycles. The van der Waals surface area contributed by atoms with Crippen molar-refractivity contribution in [3.05, 3.63) is 30.1 Å². The molecule has 0 bridgehead atoms. The lowest BCUT2D eigenvalue weighted by atomic mass is 10.2. The highest BCUT2D eigenvalue weighted by Gasteiger charge is 2.17. The second-order valence-electron chi connectivity index (χ2n) is 3.83. The molecule has 0 spiro atoms. The summed E-state index contributed by atoms with van der Waals surface area (Å²) in [5, 5.41) is 16.5. The van der Waals surface area contributed by atoms with Crippen LogP contribution in [0, 0.1) is 0 Å². The van der Waals surface area contributed by atoms with Crippen LogP contribution in [0.3, 0.4) is 0 Å². The topological polar surface area (TPSA) is 87.8 Å². The number of amides is 1. The molecule has 2 aromatic rings. The summed E-state index contributed by atoms with van der Waals surface area (Å²) in [6.45, 7) is 0.159. The van der Waals surface area contributed by atoms with Gasteiger partial charge in [-0.1, -0.05) is 0 Å². The third-order valence-electron chi connectivity index (χ3n) is 2.54. The third kappa shape index (κ3) is 2.29. The van der Waals surface area contributed by atoms with Crippen molar-refractivity contribution in [3.63, 3.8) is 0 Å². The van der Waals surface area contributed by atoms with Crippen molar-refractivity contribution in [2.75, 3.05) is 13.6 Å². The number of rotatable bonds is 4. The first kappa shape index (κ1) is 12.0. The average molecular weight is 248 g/mol. The normalized spacial score (nSPS) is 10.5. The van der Waals surface area contributed by atoms with Gasteiger partial charge in [0.25, 0.3) is 5.91 Å². The molecule has 0 radical (unpaired) electrons. The summed E-state index contributed by atoms with van der Waals surface area (Å²) in [5.41, 5.74) is 1.01. The number of fused-ring (bicyclic) bond motifs is 1. The number of carbonyl (C=O) groups is 2. The fourth-order valence-electron chi connectivity index (χ4n) is 1.57. The minimum absolute atomic E-state index is 0.0836. The van der Waals surface area contributed by atoms with Gasteiger partial charge < -0.3 is 10.0 Å². The maximum Gasteiger partial charge on any atom is 0.305 e. The lowest BCUT2D eigenvalue weighted by Crippen LogP contribution is -2.28. The van der Waals surface area contributed by atoms with E-state index in [2.05, 4.69) is 10.2 Å². The summed E-state index contributed by atoms with van der Waals surface area (Å²) >= 11 is 0. The van der Waals surface area contributed by atoms with Crippen molar-refractivity contribution >= 4 is 17.4 Å². The molecule has 0 saturated heterocycles. The highest BCUT2D eigenvalue weighted by molar-refractivity contribution is 6.00. The number of carbonyl (C=O) groups excluding carboxylic acids is 1. The molecule has 0 saturated carbocycles. The Morgan fingerprint density at radius 1 is 1.44 bits per heavy atom. The van der Waals surface area contributed by atoms with Crippen molar-refractivity contribution in [3.8, 4) is 0 Å². The summed E-state index contributed by atoms with van der Waals surface area (Å²) in [5.74, 6) is -1.20. The first-order valence-corrected chi connectivity index (χ1v) is 5.36. The van der Waals surface area contributed by atoms with Crippen LogP contribution in [0.5, 0.6) is 0 Å². The van der Waals surface area contributed by atoms with Crippen molar-refractivity contribution in [2.24, 2.45) is 0 Å². The van der Waals surface area contributed by atoms with Crippen molar-refractivity contribution in [1.82, 2.24) is 19.7 Å². The Morgan fingerprint density at radius 2 is 2.22 bits per heavy atom. The van der Waals surface area contributed by atoms with Gasteiger partial charge in [-0.25, -0.2) is 0 Å². The molecular formula is C11H12N4O3. The molecule has 2 heterocycles. The summed E-state index contributed by atoms with van der Waals surface area (Å²) < 4.78 is 1.36. The van der Waals surface area contributed by atoms with E-state index in [0.29, 0.717) is 11.1 Å². The van der Waals surface area contributed by atoms with Gasteiger partial charge in [-0.3, -0.25) is 9.59 Å². The molecule has 1 amide bonds. The molecule has 1 N–H and O–H groups in total. The molecule has 2 rings (SSSR count). The van der Waals surface area contributed by atoms with E-state index < -0.39 is 5.97 Å². The Morgan fingerprint density at radius 3 is 2.94 bits per heavy atom. The Balaban J connectivity index is 2.20. The second-order valence-corrected chi connectivity index (χ2v) is 3.83. The molecule has 0 fully saturated rings. The van der Waals surface area contributed by atoms with Gasteiger partial charge in [-0.2, -0.15) is 14.8 Å². The number of carboxylic acid groups (broad SMARTS) is 1. The molecule has 94 valence electrons. The van der Waals surface area contributed by atoms with Crippen molar-refractivity contribution in [1.29, 1.82) is 0 Å². The molecule has 7 heteroatoms. The second kappa shape index (κ2) is 4.82. The minimum Gasteiger partial charge on any atom is -0.481 e. The molecule has 0 aliphatic rings. The van der Waals surface area contributed by atoms with Gasteiger partial charge >= 0.3 is 5.97 Å². The zero-order chi connectivity index (χ0) is 13.1. The van der Waals surface area contributed by atoms with E-state index in [4.69, 9.17) is 5.11 Å². The molecule has 0 atom stereocenters. The van der Waals surface area contributed by atoms with Crippen LogP contribution in [0.15, 0.2) is 24.5 Å². The Labute approximate surface area is 103 Å². The van der Waals surface area contributed by atoms with E-state index in [9.17, 15) is 9.59 Å². The van der Waals surface area contributed by atoms with Crippen LogP contribution in [0.4, 0.5) is 0 Å². The standard InChI is InChI=1S/C11H12N4O3/c1-14(6-4-10(16)17)11(18)8-7-13-15-9(8)3-2-5-12-15/h2-3,5,7H,4,6H2,1H3,(H,16,17). The Kier molecular flexibility index (Phi) is 3.22. The van der Waals surface area contributed by atoms with Crippen LogP contribution in [0.1, 0.15) is 16.8 Å². The predicted molar refractivity (Wildman–Crippen MR) is 62.2 cm³/mol. The molecule has 0 aromatic carbocycles. The smallest absolute Gasteiger partial charge is 0.305 e. The fourth-order valence-corrected chi connectivity index (χ4v) is 1.57. The van der Waals surface area contributed by atoms with E-state index in [1.807, 2.05) is 0 Å². The monoisotopic (exact) mass is 248 g/mol. The number of hydrogen-bond acceptors (Lipinski definition) is 4. The van der Waals surface area contributed by atoms with Crippen LogP contribution in [-0.4, -0.2) is 50.3 Å². The highest BCUT2D eigenvalue weighted by Crippen LogP contribution is 2.11. The van der Waals surface area contributed by atoms with Crippen molar-refractivity contribution in [2.45, 2.75) is 6.42 Å². The van der Waals surface area contributed by atoms with Crippen LogP contribution in [0.2, 0.25) is 0 Å². The Bertz CT molecular complexity index is 593. The van der Waals surface area contributed by atoms with E-state index in [1.165, 1.54) is 15.7 Å². The third-order valence-corrected chi connectivity index (χ3v) is 2.54. The predicted octanol–water partition coefficient (Wildman–Crippen LogP) is 0.276. The van der Waals surface area contributed by atoms with Crippen LogP contribution >= 0.6 is 0 Å². The van der Waals surface area contributed by atoms with E-state index in [1.54, 1.807) is 25.4 Å². The summed E-state index contributed by atoms with van der Waals surface area (Å²) in [6, 6.07) is 3.45. The summed E-state index contributed by atoms with van der Waals surface area (Å²) in [4.78, 5) is 23.9. The van der Waals surface area contributed by atoms with Gasteiger partial charge in [0.2, 0.25) is 0 Å². The first-order chi connectivity index (χ1) is 8.59. The summed E-state index contributed by atoms with van der Waals surface area (Å²) in [6.07, 6.45) is 2.92.